The maximum Gasteiger partial charge on any atom is 0.00421 e. The van der Waals surface area contributed by atoms with E-state index in [9.17, 15) is 0 Å². The van der Waals surface area contributed by atoms with Crippen LogP contribution >= 0.6 is 0 Å². The monoisotopic (exact) mass is 224 g/mol. The molecule has 0 atom stereocenters. The summed E-state index contributed by atoms with van der Waals surface area (Å²) in [4.78, 5) is 5.31. The molecule has 94 valence electrons. The van der Waals surface area contributed by atoms with Crippen LogP contribution in [0.25, 0.3) is 0 Å². The lowest BCUT2D eigenvalue weighted by Crippen LogP contribution is -2.44. The highest BCUT2D eigenvalue weighted by atomic mass is 15.2. The zero-order valence-corrected chi connectivity index (χ0v) is 11.5. The molecule has 2 heteroatoms. The standard InChI is InChI=1S/C14H28N2/c1-12(2)15-8-5-14(6-9-15)7-10-16(11-14)13(3)4/h12-13H,5-11H2,1-4H3. The second kappa shape index (κ2) is 4.66. The lowest BCUT2D eigenvalue weighted by atomic mass is 9.77. The van der Waals surface area contributed by atoms with E-state index in [1.807, 2.05) is 0 Å². The van der Waals surface area contributed by atoms with Gasteiger partial charge in [-0.25, -0.2) is 0 Å². The van der Waals surface area contributed by atoms with Crippen molar-refractivity contribution in [3.8, 4) is 0 Å². The minimum atomic E-state index is 0.676. The van der Waals surface area contributed by atoms with Gasteiger partial charge in [0.2, 0.25) is 0 Å². The maximum atomic E-state index is 2.67. The normalized spacial score (nSPS) is 27.4. The van der Waals surface area contributed by atoms with E-state index in [1.165, 1.54) is 45.4 Å². The number of piperidine rings is 1. The highest BCUT2D eigenvalue weighted by molar-refractivity contribution is 4.94. The van der Waals surface area contributed by atoms with Gasteiger partial charge in [-0.2, -0.15) is 0 Å². The molecule has 2 aliphatic heterocycles. The summed E-state index contributed by atoms with van der Waals surface area (Å²) in [6, 6.07) is 1.47. The summed E-state index contributed by atoms with van der Waals surface area (Å²) in [5.41, 5.74) is 0.676. The first kappa shape index (κ1) is 12.4. The van der Waals surface area contributed by atoms with Crippen LogP contribution in [0.3, 0.4) is 0 Å². The molecule has 0 unspecified atom stereocenters. The molecule has 0 N–H and O–H groups in total. The molecule has 0 aliphatic carbocycles. The van der Waals surface area contributed by atoms with E-state index < -0.39 is 0 Å². The smallest absolute Gasteiger partial charge is 0.00421 e. The van der Waals surface area contributed by atoms with Crippen molar-refractivity contribution >= 4 is 0 Å². The van der Waals surface area contributed by atoms with Crippen LogP contribution in [0.15, 0.2) is 0 Å². The molecule has 0 aromatic heterocycles. The summed E-state index contributed by atoms with van der Waals surface area (Å²) in [5, 5.41) is 0. The second-order valence-electron chi connectivity index (χ2n) is 6.44. The molecule has 2 rings (SSSR count). The van der Waals surface area contributed by atoms with E-state index in [4.69, 9.17) is 0 Å². The molecule has 0 amide bonds. The minimum Gasteiger partial charge on any atom is -0.301 e. The van der Waals surface area contributed by atoms with E-state index >= 15 is 0 Å². The van der Waals surface area contributed by atoms with Gasteiger partial charge < -0.3 is 9.80 Å². The molecular weight excluding hydrogens is 196 g/mol. The molecule has 2 heterocycles. The maximum absolute atomic E-state index is 2.67. The molecule has 2 fully saturated rings. The molecule has 0 saturated carbocycles. The van der Waals surface area contributed by atoms with Crippen LogP contribution in [-0.4, -0.2) is 48.1 Å². The summed E-state index contributed by atoms with van der Waals surface area (Å²) < 4.78 is 0. The van der Waals surface area contributed by atoms with Crippen molar-refractivity contribution in [3.63, 3.8) is 0 Å². The van der Waals surface area contributed by atoms with Crippen molar-refractivity contribution in [2.24, 2.45) is 5.41 Å². The van der Waals surface area contributed by atoms with Crippen LogP contribution in [0.1, 0.15) is 47.0 Å². The Hall–Kier alpha value is -0.0800. The highest BCUT2D eigenvalue weighted by Crippen LogP contribution is 2.41. The lowest BCUT2D eigenvalue weighted by Gasteiger charge is -2.41. The van der Waals surface area contributed by atoms with Crippen LogP contribution in [0.5, 0.6) is 0 Å². The van der Waals surface area contributed by atoms with Crippen molar-refractivity contribution < 1.29 is 0 Å². The Balaban J connectivity index is 1.89. The molecule has 2 aliphatic rings. The van der Waals surface area contributed by atoms with Crippen molar-refractivity contribution in [2.75, 3.05) is 26.2 Å². The van der Waals surface area contributed by atoms with Gasteiger partial charge in [0.25, 0.3) is 0 Å². The predicted octanol–water partition coefficient (Wildman–Crippen LogP) is 2.59. The largest absolute Gasteiger partial charge is 0.301 e. The zero-order chi connectivity index (χ0) is 11.8. The molecule has 16 heavy (non-hydrogen) atoms. The highest BCUT2D eigenvalue weighted by Gasteiger charge is 2.41. The third-order valence-corrected chi connectivity index (χ3v) is 4.79. The Morgan fingerprint density at radius 3 is 1.56 bits per heavy atom. The lowest BCUT2D eigenvalue weighted by molar-refractivity contribution is 0.0838. The van der Waals surface area contributed by atoms with Gasteiger partial charge in [-0.1, -0.05) is 0 Å². The third kappa shape index (κ3) is 2.43. The van der Waals surface area contributed by atoms with Gasteiger partial charge in [-0.3, -0.25) is 0 Å². The Morgan fingerprint density at radius 2 is 1.19 bits per heavy atom. The predicted molar refractivity (Wildman–Crippen MR) is 69.7 cm³/mol. The van der Waals surface area contributed by atoms with E-state index in [-0.39, 0.29) is 0 Å². The van der Waals surface area contributed by atoms with Crippen LogP contribution < -0.4 is 0 Å². The molecule has 0 aromatic rings. The van der Waals surface area contributed by atoms with Gasteiger partial charge in [0.1, 0.15) is 0 Å². The molecule has 0 bridgehead atoms. The second-order valence-corrected chi connectivity index (χ2v) is 6.44. The number of nitrogens with zero attached hydrogens (tertiary/aromatic N) is 2. The Labute approximate surface area is 101 Å². The number of rotatable bonds is 2. The van der Waals surface area contributed by atoms with Crippen LogP contribution in [0.2, 0.25) is 0 Å². The molecule has 2 saturated heterocycles. The molecule has 1 spiro atoms. The Bertz CT molecular complexity index is 227. The van der Waals surface area contributed by atoms with Crippen molar-refractivity contribution in [2.45, 2.75) is 59.0 Å². The zero-order valence-electron chi connectivity index (χ0n) is 11.5. The fraction of sp³-hybridized carbons (Fsp3) is 1.00. The Morgan fingerprint density at radius 1 is 0.750 bits per heavy atom. The van der Waals surface area contributed by atoms with E-state index in [0.717, 1.165) is 12.1 Å². The van der Waals surface area contributed by atoms with Gasteiger partial charge in [0.05, 0.1) is 0 Å². The van der Waals surface area contributed by atoms with E-state index in [0.29, 0.717) is 5.41 Å². The van der Waals surface area contributed by atoms with Crippen molar-refractivity contribution in [3.05, 3.63) is 0 Å². The van der Waals surface area contributed by atoms with E-state index in [1.54, 1.807) is 0 Å². The van der Waals surface area contributed by atoms with Crippen LogP contribution in [0, 0.1) is 5.41 Å². The summed E-state index contributed by atoms with van der Waals surface area (Å²) in [5.74, 6) is 0. The van der Waals surface area contributed by atoms with Crippen LogP contribution in [0.4, 0.5) is 0 Å². The molecule has 2 nitrogen and oxygen atoms in total. The SMILES string of the molecule is CC(C)N1CCC2(CC1)CCN(C(C)C)C2. The molecular formula is C14H28N2. The molecule has 0 radical (unpaired) electrons. The average molecular weight is 224 g/mol. The number of hydrogen-bond donors (Lipinski definition) is 0. The Kier molecular flexibility index (Phi) is 3.60. The minimum absolute atomic E-state index is 0.676. The van der Waals surface area contributed by atoms with Gasteiger partial charge in [-0.05, 0) is 72.0 Å². The third-order valence-electron chi connectivity index (χ3n) is 4.79. The van der Waals surface area contributed by atoms with Gasteiger partial charge >= 0.3 is 0 Å². The van der Waals surface area contributed by atoms with Gasteiger partial charge in [-0.15, -0.1) is 0 Å². The number of likely N-dealkylation sites (tertiary alicyclic amines) is 2. The fourth-order valence-electron chi connectivity index (χ4n) is 3.33. The quantitative estimate of drug-likeness (QED) is 0.711. The molecule has 0 aromatic carbocycles. The summed E-state index contributed by atoms with van der Waals surface area (Å²) >= 11 is 0. The van der Waals surface area contributed by atoms with Crippen molar-refractivity contribution in [1.29, 1.82) is 0 Å². The van der Waals surface area contributed by atoms with Crippen molar-refractivity contribution in [1.82, 2.24) is 9.80 Å². The summed E-state index contributed by atoms with van der Waals surface area (Å²) in [6.45, 7) is 14.7. The fourth-order valence-corrected chi connectivity index (χ4v) is 3.33. The van der Waals surface area contributed by atoms with E-state index in [2.05, 4.69) is 37.5 Å². The van der Waals surface area contributed by atoms with Crippen LogP contribution in [-0.2, 0) is 0 Å². The first-order valence-electron chi connectivity index (χ1n) is 7.00. The topological polar surface area (TPSA) is 6.48 Å². The summed E-state index contributed by atoms with van der Waals surface area (Å²) in [6.07, 6.45) is 4.29. The average Bonchev–Trinajstić information content (AvgIpc) is 2.63. The first-order chi connectivity index (χ1) is 7.52. The first-order valence-corrected chi connectivity index (χ1v) is 7.00. The van der Waals surface area contributed by atoms with Gasteiger partial charge in [0.15, 0.2) is 0 Å². The summed E-state index contributed by atoms with van der Waals surface area (Å²) in [7, 11) is 0. The number of hydrogen-bond acceptors (Lipinski definition) is 2. The van der Waals surface area contributed by atoms with Gasteiger partial charge in [0, 0.05) is 18.6 Å².